The summed E-state index contributed by atoms with van der Waals surface area (Å²) in [4.78, 5) is 12.6. The Morgan fingerprint density at radius 1 is 1.45 bits per heavy atom. The fraction of sp³-hybridized carbons (Fsp3) is 0.500. The highest BCUT2D eigenvalue weighted by molar-refractivity contribution is 5.91. The number of carbonyl (C=O) groups excluding carboxylic acids is 1. The van der Waals surface area contributed by atoms with Crippen LogP contribution in [0.15, 0.2) is 35.5 Å². The van der Waals surface area contributed by atoms with E-state index in [4.69, 9.17) is 9.47 Å². The summed E-state index contributed by atoms with van der Waals surface area (Å²) in [5, 5.41) is 3.34. The standard InChI is InChI=1S/C18H23NO3/c1-11(2)10-21-17(20)16-12(3)19-18(4)9-14(16)13-7-5-6-8-15(13)22-18/h5-8,11,14,19H,9-10H2,1-4H3/t14-,18-/m1/s1. The normalized spacial score (nSPS) is 26.1. The third-order valence-electron chi connectivity index (χ3n) is 4.20. The Morgan fingerprint density at radius 2 is 2.18 bits per heavy atom. The predicted molar refractivity (Wildman–Crippen MR) is 84.5 cm³/mol. The molecule has 118 valence electrons. The highest BCUT2D eigenvalue weighted by Gasteiger charge is 2.45. The second-order valence-corrected chi connectivity index (χ2v) is 6.78. The molecule has 1 aromatic rings. The molecule has 0 fully saturated rings. The molecule has 0 radical (unpaired) electrons. The van der Waals surface area contributed by atoms with Crippen molar-refractivity contribution in [2.75, 3.05) is 6.61 Å². The number of ether oxygens (including phenoxy) is 2. The van der Waals surface area contributed by atoms with Crippen LogP contribution in [0.3, 0.4) is 0 Å². The van der Waals surface area contributed by atoms with E-state index < -0.39 is 5.72 Å². The summed E-state index contributed by atoms with van der Waals surface area (Å²) in [5.74, 6) is 0.974. The van der Waals surface area contributed by atoms with Crippen LogP contribution in [-0.2, 0) is 9.53 Å². The van der Waals surface area contributed by atoms with Crippen molar-refractivity contribution in [3.8, 4) is 5.75 Å². The molecule has 0 aromatic heterocycles. The average Bonchev–Trinajstić information content (AvgIpc) is 2.43. The molecular weight excluding hydrogens is 278 g/mol. The molecule has 2 aliphatic heterocycles. The van der Waals surface area contributed by atoms with E-state index in [2.05, 4.69) is 5.32 Å². The number of allylic oxidation sites excluding steroid dienone is 1. The van der Waals surface area contributed by atoms with Crippen LogP contribution in [0.1, 0.15) is 45.6 Å². The molecule has 0 spiro atoms. The Hall–Kier alpha value is -1.97. The van der Waals surface area contributed by atoms with E-state index in [9.17, 15) is 4.79 Å². The van der Waals surface area contributed by atoms with E-state index in [1.54, 1.807) is 0 Å². The van der Waals surface area contributed by atoms with Gasteiger partial charge in [-0.2, -0.15) is 0 Å². The van der Waals surface area contributed by atoms with Crippen molar-refractivity contribution < 1.29 is 14.3 Å². The average molecular weight is 301 g/mol. The van der Waals surface area contributed by atoms with Crippen LogP contribution in [0.4, 0.5) is 0 Å². The number of hydrogen-bond donors (Lipinski definition) is 1. The molecular formula is C18H23NO3. The molecule has 4 nitrogen and oxygen atoms in total. The highest BCUT2D eigenvalue weighted by Crippen LogP contribution is 2.47. The Labute approximate surface area is 131 Å². The largest absolute Gasteiger partial charge is 0.468 e. The first kappa shape index (κ1) is 14.9. The maximum Gasteiger partial charge on any atom is 0.336 e. The Bertz CT molecular complexity index is 635. The third-order valence-corrected chi connectivity index (χ3v) is 4.20. The van der Waals surface area contributed by atoms with Gasteiger partial charge in [-0.1, -0.05) is 32.0 Å². The van der Waals surface area contributed by atoms with Crippen LogP contribution in [0.5, 0.6) is 5.75 Å². The van der Waals surface area contributed by atoms with Crippen molar-refractivity contribution in [1.29, 1.82) is 0 Å². The summed E-state index contributed by atoms with van der Waals surface area (Å²) in [6.07, 6.45) is 0.730. The monoisotopic (exact) mass is 301 g/mol. The molecule has 4 heteroatoms. The van der Waals surface area contributed by atoms with Gasteiger partial charge in [0, 0.05) is 23.6 Å². The number of para-hydroxylation sites is 1. The van der Waals surface area contributed by atoms with Gasteiger partial charge in [-0.05, 0) is 25.8 Å². The van der Waals surface area contributed by atoms with Crippen LogP contribution in [-0.4, -0.2) is 18.3 Å². The van der Waals surface area contributed by atoms with Crippen molar-refractivity contribution in [3.63, 3.8) is 0 Å². The van der Waals surface area contributed by atoms with Crippen LogP contribution in [0, 0.1) is 5.92 Å². The lowest BCUT2D eigenvalue weighted by Crippen LogP contribution is -2.54. The Morgan fingerprint density at radius 3 is 2.91 bits per heavy atom. The molecule has 22 heavy (non-hydrogen) atoms. The summed E-state index contributed by atoms with van der Waals surface area (Å²) in [6, 6.07) is 7.93. The first-order chi connectivity index (χ1) is 10.4. The fourth-order valence-corrected chi connectivity index (χ4v) is 3.32. The molecule has 1 N–H and O–H groups in total. The van der Waals surface area contributed by atoms with Gasteiger partial charge >= 0.3 is 5.97 Å². The van der Waals surface area contributed by atoms with Crippen molar-refractivity contribution in [2.45, 2.75) is 45.8 Å². The first-order valence-corrected chi connectivity index (χ1v) is 7.83. The molecule has 2 aliphatic rings. The molecule has 0 aliphatic carbocycles. The number of benzene rings is 1. The molecule has 3 rings (SSSR count). The number of rotatable bonds is 3. The lowest BCUT2D eigenvalue weighted by molar-refractivity contribution is -0.141. The summed E-state index contributed by atoms with van der Waals surface area (Å²) >= 11 is 0. The van der Waals surface area contributed by atoms with Gasteiger partial charge in [0.05, 0.1) is 12.2 Å². The highest BCUT2D eigenvalue weighted by atomic mass is 16.5. The van der Waals surface area contributed by atoms with Crippen molar-refractivity contribution in [2.24, 2.45) is 5.92 Å². The molecule has 0 saturated carbocycles. The molecule has 0 unspecified atom stereocenters. The topological polar surface area (TPSA) is 47.6 Å². The molecule has 2 bridgehead atoms. The van der Waals surface area contributed by atoms with Crippen LogP contribution < -0.4 is 10.1 Å². The summed E-state index contributed by atoms with van der Waals surface area (Å²) < 4.78 is 11.6. The zero-order valence-corrected chi connectivity index (χ0v) is 13.6. The van der Waals surface area contributed by atoms with Crippen LogP contribution >= 0.6 is 0 Å². The van der Waals surface area contributed by atoms with E-state index in [-0.39, 0.29) is 11.9 Å². The van der Waals surface area contributed by atoms with Gasteiger partial charge in [-0.15, -0.1) is 0 Å². The maximum atomic E-state index is 12.6. The molecule has 2 atom stereocenters. The van der Waals surface area contributed by atoms with Gasteiger partial charge in [0.2, 0.25) is 0 Å². The SMILES string of the molecule is CC1=C(C(=O)OCC(C)C)[C@@H]2C[C@](C)(N1)Oc1ccccc12. The minimum absolute atomic E-state index is 0.0239. The minimum atomic E-state index is -0.467. The smallest absolute Gasteiger partial charge is 0.336 e. The van der Waals surface area contributed by atoms with Gasteiger partial charge < -0.3 is 14.8 Å². The van der Waals surface area contributed by atoms with Gasteiger partial charge in [0.25, 0.3) is 0 Å². The van der Waals surface area contributed by atoms with Crippen molar-refractivity contribution in [3.05, 3.63) is 41.1 Å². The molecule has 2 heterocycles. The van der Waals surface area contributed by atoms with E-state index >= 15 is 0 Å². The number of fused-ring (bicyclic) bond motifs is 4. The third kappa shape index (κ3) is 2.58. The van der Waals surface area contributed by atoms with Gasteiger partial charge in [0.1, 0.15) is 5.75 Å². The van der Waals surface area contributed by atoms with Crippen molar-refractivity contribution in [1.82, 2.24) is 5.32 Å². The first-order valence-electron chi connectivity index (χ1n) is 7.83. The quantitative estimate of drug-likeness (QED) is 0.870. The Kier molecular flexibility index (Phi) is 3.63. The Balaban J connectivity index is 1.98. The summed E-state index contributed by atoms with van der Waals surface area (Å²) in [6.45, 7) is 8.46. The van der Waals surface area contributed by atoms with E-state index in [1.807, 2.05) is 52.0 Å². The zero-order valence-electron chi connectivity index (χ0n) is 13.6. The summed E-state index contributed by atoms with van der Waals surface area (Å²) in [5.41, 5.74) is 2.18. The van der Waals surface area contributed by atoms with E-state index in [0.29, 0.717) is 12.5 Å². The number of carbonyl (C=O) groups is 1. The summed E-state index contributed by atoms with van der Waals surface area (Å²) in [7, 11) is 0. The molecule has 1 aromatic carbocycles. The fourth-order valence-electron chi connectivity index (χ4n) is 3.32. The van der Waals surface area contributed by atoms with Gasteiger partial charge in [-0.25, -0.2) is 4.79 Å². The zero-order chi connectivity index (χ0) is 15.9. The minimum Gasteiger partial charge on any atom is -0.468 e. The molecule has 0 saturated heterocycles. The number of hydrogen-bond acceptors (Lipinski definition) is 4. The number of nitrogens with one attached hydrogen (secondary N) is 1. The molecule has 0 amide bonds. The van der Waals surface area contributed by atoms with Crippen LogP contribution in [0.25, 0.3) is 0 Å². The second kappa shape index (κ2) is 5.34. The van der Waals surface area contributed by atoms with Gasteiger partial charge in [0.15, 0.2) is 5.72 Å². The predicted octanol–water partition coefficient (Wildman–Crippen LogP) is 3.35. The van der Waals surface area contributed by atoms with Crippen molar-refractivity contribution >= 4 is 5.97 Å². The second-order valence-electron chi connectivity index (χ2n) is 6.78. The van der Waals surface area contributed by atoms with E-state index in [0.717, 1.165) is 29.0 Å². The maximum absolute atomic E-state index is 12.6. The van der Waals surface area contributed by atoms with Gasteiger partial charge in [-0.3, -0.25) is 0 Å². The lowest BCUT2D eigenvalue weighted by Gasteiger charge is -2.45. The number of esters is 1. The van der Waals surface area contributed by atoms with Crippen LogP contribution in [0.2, 0.25) is 0 Å². The van der Waals surface area contributed by atoms with E-state index in [1.165, 1.54) is 0 Å². The lowest BCUT2D eigenvalue weighted by atomic mass is 9.78.